The number of fused-ring (bicyclic) bond motifs is 1. The molecular weight excluding hydrogens is 406 g/mol. The molecular formula is C22H18ClN3O2S. The molecule has 7 heteroatoms. The highest BCUT2D eigenvalue weighted by atomic mass is 35.5. The number of carbonyl (C=O) groups is 1. The van der Waals surface area contributed by atoms with Gasteiger partial charge in [0.1, 0.15) is 21.1 Å². The summed E-state index contributed by atoms with van der Waals surface area (Å²) in [5.41, 5.74) is 3.50. The quantitative estimate of drug-likeness (QED) is 0.445. The van der Waals surface area contributed by atoms with Crippen molar-refractivity contribution in [3.63, 3.8) is 0 Å². The highest BCUT2D eigenvalue weighted by Crippen LogP contribution is 2.33. The van der Waals surface area contributed by atoms with E-state index in [0.29, 0.717) is 10.8 Å². The summed E-state index contributed by atoms with van der Waals surface area (Å²) in [5.74, 6) is 0.309. The van der Waals surface area contributed by atoms with Crippen LogP contribution >= 0.6 is 22.9 Å². The van der Waals surface area contributed by atoms with E-state index in [0.717, 1.165) is 32.2 Å². The molecule has 1 atom stereocenters. The Morgan fingerprint density at radius 3 is 2.79 bits per heavy atom. The Kier molecular flexibility index (Phi) is 5.47. The van der Waals surface area contributed by atoms with Crippen molar-refractivity contribution < 1.29 is 9.53 Å². The summed E-state index contributed by atoms with van der Waals surface area (Å²) in [6.07, 6.45) is 1.08. The van der Waals surface area contributed by atoms with E-state index in [-0.39, 0.29) is 5.91 Å². The second-order valence-corrected chi connectivity index (χ2v) is 7.95. The highest BCUT2D eigenvalue weighted by Gasteiger charge is 2.18. The van der Waals surface area contributed by atoms with E-state index in [1.807, 2.05) is 37.3 Å². The molecule has 0 aliphatic heterocycles. The van der Waals surface area contributed by atoms with Crippen LogP contribution in [0.15, 0.2) is 60.8 Å². The van der Waals surface area contributed by atoms with Gasteiger partial charge in [-0.25, -0.2) is 9.97 Å². The number of rotatable bonds is 5. The Labute approximate surface area is 177 Å². The maximum absolute atomic E-state index is 12.7. The fraction of sp³-hybridized carbons (Fsp3) is 0.136. The lowest BCUT2D eigenvalue weighted by atomic mass is 10.1. The SMILES string of the molecule is Cc1c(NC(=O)C(C)Oc2cccc(Cl)c2)cccc1-c1nc2cccnc2s1. The highest BCUT2D eigenvalue weighted by molar-refractivity contribution is 7.21. The van der Waals surface area contributed by atoms with E-state index in [1.54, 1.807) is 37.4 Å². The number of hydrogen-bond donors (Lipinski definition) is 1. The molecule has 29 heavy (non-hydrogen) atoms. The lowest BCUT2D eigenvalue weighted by Gasteiger charge is -2.16. The predicted molar refractivity (Wildman–Crippen MR) is 118 cm³/mol. The lowest BCUT2D eigenvalue weighted by molar-refractivity contribution is -0.122. The first-order chi connectivity index (χ1) is 14.0. The smallest absolute Gasteiger partial charge is 0.265 e. The number of nitrogens with one attached hydrogen (secondary N) is 1. The number of benzene rings is 2. The van der Waals surface area contributed by atoms with Crippen LogP contribution < -0.4 is 10.1 Å². The summed E-state index contributed by atoms with van der Waals surface area (Å²) in [7, 11) is 0. The number of halogens is 1. The molecule has 1 unspecified atom stereocenters. The first kappa shape index (κ1) is 19.4. The molecule has 0 aliphatic rings. The average Bonchev–Trinajstić information content (AvgIpc) is 3.13. The fourth-order valence-corrected chi connectivity index (χ4v) is 4.09. The van der Waals surface area contributed by atoms with Gasteiger partial charge in [0.15, 0.2) is 6.10 Å². The van der Waals surface area contributed by atoms with Crippen LogP contribution in [0.25, 0.3) is 20.9 Å². The molecule has 0 saturated carbocycles. The lowest BCUT2D eigenvalue weighted by Crippen LogP contribution is -2.30. The minimum atomic E-state index is -0.678. The molecule has 0 radical (unpaired) electrons. The van der Waals surface area contributed by atoms with Gasteiger partial charge < -0.3 is 10.1 Å². The average molecular weight is 424 g/mol. The number of pyridine rings is 1. The van der Waals surface area contributed by atoms with Crippen molar-refractivity contribution >= 4 is 44.9 Å². The topological polar surface area (TPSA) is 64.1 Å². The molecule has 0 fully saturated rings. The Bertz CT molecular complexity index is 1160. The van der Waals surface area contributed by atoms with Crippen LogP contribution in [-0.2, 0) is 4.79 Å². The molecule has 0 saturated heterocycles. The van der Waals surface area contributed by atoms with Gasteiger partial charge in [-0.3, -0.25) is 4.79 Å². The minimum absolute atomic E-state index is 0.240. The number of ether oxygens (including phenoxy) is 1. The monoisotopic (exact) mass is 423 g/mol. The van der Waals surface area contributed by atoms with Gasteiger partial charge in [0.05, 0.1) is 0 Å². The van der Waals surface area contributed by atoms with Crippen molar-refractivity contribution in [1.29, 1.82) is 0 Å². The summed E-state index contributed by atoms with van der Waals surface area (Å²) in [6.45, 7) is 3.67. The molecule has 2 aromatic carbocycles. The largest absolute Gasteiger partial charge is 0.481 e. The second kappa shape index (κ2) is 8.19. The van der Waals surface area contributed by atoms with E-state index < -0.39 is 6.10 Å². The van der Waals surface area contributed by atoms with Gasteiger partial charge in [-0.05, 0) is 55.8 Å². The third-order valence-corrected chi connectivity index (χ3v) is 5.71. The summed E-state index contributed by atoms with van der Waals surface area (Å²) in [6, 6.07) is 16.6. The van der Waals surface area contributed by atoms with Crippen molar-refractivity contribution in [2.24, 2.45) is 0 Å². The van der Waals surface area contributed by atoms with Crippen LogP contribution in [0.3, 0.4) is 0 Å². The molecule has 4 aromatic rings. The van der Waals surface area contributed by atoms with Crippen LogP contribution in [0, 0.1) is 6.92 Å². The van der Waals surface area contributed by atoms with Crippen LogP contribution in [0.1, 0.15) is 12.5 Å². The van der Waals surface area contributed by atoms with Gasteiger partial charge in [-0.1, -0.05) is 41.1 Å². The third kappa shape index (κ3) is 4.23. The molecule has 0 spiro atoms. The number of hydrogen-bond acceptors (Lipinski definition) is 5. The first-order valence-electron chi connectivity index (χ1n) is 9.06. The molecule has 0 aliphatic carbocycles. The summed E-state index contributed by atoms with van der Waals surface area (Å²) in [5, 5.41) is 4.38. The van der Waals surface area contributed by atoms with Gasteiger partial charge in [-0.15, -0.1) is 0 Å². The van der Waals surface area contributed by atoms with E-state index in [9.17, 15) is 4.79 Å². The fourth-order valence-electron chi connectivity index (χ4n) is 2.92. The molecule has 4 rings (SSSR count). The van der Waals surface area contributed by atoms with Crippen LogP contribution in [-0.4, -0.2) is 22.0 Å². The number of anilines is 1. The van der Waals surface area contributed by atoms with E-state index >= 15 is 0 Å². The number of nitrogens with zero attached hydrogens (tertiary/aromatic N) is 2. The number of thiazole rings is 1. The number of amides is 1. The van der Waals surface area contributed by atoms with Gasteiger partial charge in [0, 0.05) is 22.5 Å². The van der Waals surface area contributed by atoms with Crippen molar-refractivity contribution in [2.75, 3.05) is 5.32 Å². The van der Waals surface area contributed by atoms with Gasteiger partial charge in [0.2, 0.25) is 0 Å². The molecule has 146 valence electrons. The number of carbonyl (C=O) groups excluding carboxylic acids is 1. The molecule has 5 nitrogen and oxygen atoms in total. The predicted octanol–water partition coefficient (Wildman–Crippen LogP) is 5.73. The van der Waals surface area contributed by atoms with E-state index in [2.05, 4.69) is 15.3 Å². The molecule has 2 aromatic heterocycles. The second-order valence-electron chi connectivity index (χ2n) is 6.53. The Morgan fingerprint density at radius 1 is 1.17 bits per heavy atom. The first-order valence-corrected chi connectivity index (χ1v) is 10.3. The Morgan fingerprint density at radius 2 is 2.00 bits per heavy atom. The molecule has 1 N–H and O–H groups in total. The maximum atomic E-state index is 12.7. The van der Waals surface area contributed by atoms with Gasteiger partial charge >= 0.3 is 0 Å². The van der Waals surface area contributed by atoms with Gasteiger partial charge in [-0.2, -0.15) is 0 Å². The summed E-state index contributed by atoms with van der Waals surface area (Å²) in [4.78, 5) is 22.6. The zero-order chi connectivity index (χ0) is 20.4. The normalized spacial score (nSPS) is 12.0. The van der Waals surface area contributed by atoms with Crippen LogP contribution in [0.4, 0.5) is 5.69 Å². The van der Waals surface area contributed by atoms with Crippen molar-refractivity contribution in [2.45, 2.75) is 20.0 Å². The van der Waals surface area contributed by atoms with E-state index in [1.165, 1.54) is 11.3 Å². The third-order valence-electron chi connectivity index (χ3n) is 4.47. The minimum Gasteiger partial charge on any atom is -0.481 e. The Balaban J connectivity index is 1.54. The Hall–Kier alpha value is -2.96. The van der Waals surface area contributed by atoms with Gasteiger partial charge in [0.25, 0.3) is 5.91 Å². The number of aromatic nitrogens is 2. The maximum Gasteiger partial charge on any atom is 0.265 e. The van der Waals surface area contributed by atoms with Crippen molar-refractivity contribution in [1.82, 2.24) is 9.97 Å². The summed E-state index contributed by atoms with van der Waals surface area (Å²) < 4.78 is 5.71. The van der Waals surface area contributed by atoms with Crippen molar-refractivity contribution in [3.8, 4) is 16.3 Å². The molecule has 2 heterocycles. The van der Waals surface area contributed by atoms with Crippen LogP contribution in [0.2, 0.25) is 5.02 Å². The summed E-state index contributed by atoms with van der Waals surface area (Å²) >= 11 is 7.50. The molecule has 1 amide bonds. The van der Waals surface area contributed by atoms with Crippen molar-refractivity contribution in [3.05, 3.63) is 71.4 Å². The van der Waals surface area contributed by atoms with E-state index in [4.69, 9.17) is 16.3 Å². The van der Waals surface area contributed by atoms with Crippen LogP contribution in [0.5, 0.6) is 5.75 Å². The zero-order valence-corrected chi connectivity index (χ0v) is 17.4. The molecule has 0 bridgehead atoms. The standard InChI is InChI=1S/C22H18ClN3O2S/c1-13-17(21-26-19-10-5-11-24-22(19)29-21)8-4-9-18(13)25-20(27)14(2)28-16-7-3-6-15(23)12-16/h3-12,14H,1-2H3,(H,25,27). The zero-order valence-electron chi connectivity index (χ0n) is 15.8.